The molecular weight excluding hydrogens is 280 g/mol. The highest BCUT2D eigenvalue weighted by atomic mass is 16.7. The van der Waals surface area contributed by atoms with E-state index >= 15 is 0 Å². The van der Waals surface area contributed by atoms with Gasteiger partial charge in [-0.3, -0.25) is 0 Å². The van der Waals surface area contributed by atoms with Crippen LogP contribution >= 0.6 is 0 Å². The number of carbonyl (C=O) groups excluding carboxylic acids is 1. The average Bonchev–Trinajstić information content (AvgIpc) is 3.00. The molecule has 1 heterocycles. The molecule has 3 rings (SSSR count). The minimum Gasteiger partial charge on any atom is -0.454 e. The maximum atomic E-state index is 11.7. The number of para-hydroxylation sites is 1. The van der Waals surface area contributed by atoms with Crippen molar-refractivity contribution in [1.29, 1.82) is 0 Å². The SMILES string of the molecule is O=C(NCCCc1ccc2c(c1)OCO2)Nc1ccccc1. The molecule has 2 amide bonds. The van der Waals surface area contributed by atoms with E-state index in [2.05, 4.69) is 10.6 Å². The van der Waals surface area contributed by atoms with Gasteiger partial charge in [-0.05, 0) is 42.7 Å². The molecule has 0 spiro atoms. The van der Waals surface area contributed by atoms with Gasteiger partial charge in [0.2, 0.25) is 6.79 Å². The third-order valence-corrected chi connectivity index (χ3v) is 3.40. The molecule has 0 bridgehead atoms. The van der Waals surface area contributed by atoms with Crippen LogP contribution in [0.2, 0.25) is 0 Å². The summed E-state index contributed by atoms with van der Waals surface area (Å²) in [6.07, 6.45) is 1.74. The van der Waals surface area contributed by atoms with Crippen molar-refractivity contribution in [3.8, 4) is 11.5 Å². The second kappa shape index (κ2) is 6.85. The smallest absolute Gasteiger partial charge is 0.319 e. The number of ether oxygens (including phenoxy) is 2. The lowest BCUT2D eigenvalue weighted by Crippen LogP contribution is -2.29. The van der Waals surface area contributed by atoms with Gasteiger partial charge in [0.1, 0.15) is 0 Å². The quantitative estimate of drug-likeness (QED) is 0.834. The predicted molar refractivity (Wildman–Crippen MR) is 84.3 cm³/mol. The Morgan fingerprint density at radius 1 is 1.05 bits per heavy atom. The number of rotatable bonds is 5. The predicted octanol–water partition coefficient (Wildman–Crippen LogP) is 3.17. The highest BCUT2D eigenvalue weighted by molar-refractivity contribution is 5.89. The molecule has 0 unspecified atom stereocenters. The topological polar surface area (TPSA) is 59.6 Å². The Bertz CT molecular complexity index is 644. The van der Waals surface area contributed by atoms with Gasteiger partial charge in [-0.1, -0.05) is 24.3 Å². The molecule has 2 aromatic carbocycles. The summed E-state index contributed by atoms with van der Waals surface area (Å²) < 4.78 is 10.6. The van der Waals surface area contributed by atoms with Crippen LogP contribution in [0.25, 0.3) is 0 Å². The molecule has 2 N–H and O–H groups in total. The Balaban J connectivity index is 1.39. The van der Waals surface area contributed by atoms with Gasteiger partial charge in [0, 0.05) is 12.2 Å². The molecule has 5 heteroatoms. The van der Waals surface area contributed by atoms with Crippen molar-refractivity contribution >= 4 is 11.7 Å². The number of carbonyl (C=O) groups is 1. The van der Waals surface area contributed by atoms with Gasteiger partial charge in [0.25, 0.3) is 0 Å². The number of fused-ring (bicyclic) bond motifs is 1. The molecule has 0 aromatic heterocycles. The number of hydrogen-bond acceptors (Lipinski definition) is 3. The summed E-state index contributed by atoms with van der Waals surface area (Å²) in [5.74, 6) is 1.59. The fraction of sp³-hybridized carbons (Fsp3) is 0.235. The number of urea groups is 1. The number of hydrogen-bond donors (Lipinski definition) is 2. The molecule has 5 nitrogen and oxygen atoms in total. The second-order valence-corrected chi connectivity index (χ2v) is 5.04. The molecule has 1 aliphatic heterocycles. The molecule has 114 valence electrons. The van der Waals surface area contributed by atoms with Crippen molar-refractivity contribution in [2.45, 2.75) is 12.8 Å². The number of anilines is 1. The highest BCUT2D eigenvalue weighted by Crippen LogP contribution is 2.32. The van der Waals surface area contributed by atoms with E-state index in [-0.39, 0.29) is 6.03 Å². The number of aryl methyl sites for hydroxylation is 1. The zero-order valence-electron chi connectivity index (χ0n) is 12.2. The van der Waals surface area contributed by atoms with Crippen molar-refractivity contribution in [3.63, 3.8) is 0 Å². The van der Waals surface area contributed by atoms with E-state index in [1.165, 1.54) is 5.56 Å². The molecule has 0 radical (unpaired) electrons. The van der Waals surface area contributed by atoms with Crippen LogP contribution in [-0.4, -0.2) is 19.4 Å². The normalized spacial score (nSPS) is 12.0. The van der Waals surface area contributed by atoms with E-state index in [9.17, 15) is 4.79 Å². The van der Waals surface area contributed by atoms with Crippen LogP contribution in [-0.2, 0) is 6.42 Å². The summed E-state index contributed by atoms with van der Waals surface area (Å²) in [7, 11) is 0. The Kier molecular flexibility index (Phi) is 4.44. The number of benzene rings is 2. The Labute approximate surface area is 129 Å². The van der Waals surface area contributed by atoms with Crippen molar-refractivity contribution in [2.24, 2.45) is 0 Å². The average molecular weight is 298 g/mol. The van der Waals surface area contributed by atoms with Crippen LogP contribution in [0.3, 0.4) is 0 Å². The summed E-state index contributed by atoms with van der Waals surface area (Å²) in [6, 6.07) is 15.1. The summed E-state index contributed by atoms with van der Waals surface area (Å²) in [5.41, 5.74) is 1.96. The van der Waals surface area contributed by atoms with Crippen molar-refractivity contribution in [3.05, 3.63) is 54.1 Å². The van der Waals surface area contributed by atoms with Gasteiger partial charge in [-0.2, -0.15) is 0 Å². The van der Waals surface area contributed by atoms with Crippen LogP contribution in [0.4, 0.5) is 10.5 Å². The van der Waals surface area contributed by atoms with E-state index in [1.807, 2.05) is 48.5 Å². The minimum absolute atomic E-state index is 0.183. The molecule has 0 saturated heterocycles. The van der Waals surface area contributed by atoms with Gasteiger partial charge in [-0.15, -0.1) is 0 Å². The van der Waals surface area contributed by atoms with E-state index in [0.29, 0.717) is 13.3 Å². The molecule has 0 fully saturated rings. The van der Waals surface area contributed by atoms with E-state index < -0.39 is 0 Å². The summed E-state index contributed by atoms with van der Waals surface area (Å²) in [5, 5.41) is 5.64. The largest absolute Gasteiger partial charge is 0.454 e. The zero-order valence-corrected chi connectivity index (χ0v) is 12.2. The van der Waals surface area contributed by atoms with E-state index in [4.69, 9.17) is 9.47 Å². The Morgan fingerprint density at radius 2 is 1.86 bits per heavy atom. The summed E-state index contributed by atoms with van der Waals surface area (Å²) >= 11 is 0. The molecule has 2 aromatic rings. The van der Waals surface area contributed by atoms with Crippen molar-refractivity contribution in [2.75, 3.05) is 18.7 Å². The lowest BCUT2D eigenvalue weighted by molar-refractivity contribution is 0.174. The van der Waals surface area contributed by atoms with Gasteiger partial charge in [0.05, 0.1) is 0 Å². The fourth-order valence-corrected chi connectivity index (χ4v) is 2.29. The van der Waals surface area contributed by atoms with Crippen LogP contribution < -0.4 is 20.1 Å². The zero-order chi connectivity index (χ0) is 15.2. The van der Waals surface area contributed by atoms with Crippen molar-refractivity contribution < 1.29 is 14.3 Å². The van der Waals surface area contributed by atoms with Crippen LogP contribution in [0.1, 0.15) is 12.0 Å². The van der Waals surface area contributed by atoms with E-state index in [0.717, 1.165) is 30.0 Å². The molecule has 0 saturated carbocycles. The first-order valence-corrected chi connectivity index (χ1v) is 7.30. The maximum absolute atomic E-state index is 11.7. The van der Waals surface area contributed by atoms with Gasteiger partial charge in [-0.25, -0.2) is 4.79 Å². The second-order valence-electron chi connectivity index (χ2n) is 5.04. The van der Waals surface area contributed by atoms with Gasteiger partial charge >= 0.3 is 6.03 Å². The summed E-state index contributed by atoms with van der Waals surface area (Å²) in [4.78, 5) is 11.7. The molecule has 22 heavy (non-hydrogen) atoms. The monoisotopic (exact) mass is 298 g/mol. The summed E-state index contributed by atoms with van der Waals surface area (Å²) in [6.45, 7) is 0.910. The van der Waals surface area contributed by atoms with Gasteiger partial charge in [0.15, 0.2) is 11.5 Å². The molecule has 0 atom stereocenters. The van der Waals surface area contributed by atoms with E-state index in [1.54, 1.807) is 0 Å². The van der Waals surface area contributed by atoms with Crippen LogP contribution in [0.15, 0.2) is 48.5 Å². The van der Waals surface area contributed by atoms with Crippen LogP contribution in [0, 0.1) is 0 Å². The minimum atomic E-state index is -0.183. The van der Waals surface area contributed by atoms with Crippen molar-refractivity contribution in [1.82, 2.24) is 5.32 Å². The first-order chi connectivity index (χ1) is 10.8. The first kappa shape index (κ1) is 14.3. The molecule has 1 aliphatic rings. The maximum Gasteiger partial charge on any atom is 0.319 e. The highest BCUT2D eigenvalue weighted by Gasteiger charge is 2.12. The van der Waals surface area contributed by atoms with Gasteiger partial charge < -0.3 is 20.1 Å². The van der Waals surface area contributed by atoms with Crippen LogP contribution in [0.5, 0.6) is 11.5 Å². The third kappa shape index (κ3) is 3.69. The molecular formula is C17H18N2O3. The lowest BCUT2D eigenvalue weighted by atomic mass is 10.1. The number of nitrogens with one attached hydrogen (secondary N) is 2. The first-order valence-electron chi connectivity index (χ1n) is 7.30. The fourth-order valence-electron chi connectivity index (χ4n) is 2.29. The lowest BCUT2D eigenvalue weighted by Gasteiger charge is -2.07. The Hall–Kier alpha value is -2.69. The Morgan fingerprint density at radius 3 is 2.73 bits per heavy atom. The number of amides is 2. The third-order valence-electron chi connectivity index (χ3n) is 3.40. The molecule has 0 aliphatic carbocycles. The standard InChI is InChI=1S/C17H18N2O3/c20-17(19-14-6-2-1-3-7-14)18-10-4-5-13-8-9-15-16(11-13)22-12-21-15/h1-3,6-9,11H,4-5,10,12H2,(H2,18,19,20).